The molecule has 3 rings (SSSR count). The number of amides is 1. The van der Waals surface area contributed by atoms with Gasteiger partial charge in [0.15, 0.2) is 0 Å². The van der Waals surface area contributed by atoms with Crippen LogP contribution in [-0.2, 0) is 24.3 Å². The van der Waals surface area contributed by atoms with Gasteiger partial charge in [0.05, 0.1) is 6.42 Å². The average molecular weight is 353 g/mol. The molecule has 0 aliphatic heterocycles. The van der Waals surface area contributed by atoms with Crippen LogP contribution in [0.2, 0.25) is 0 Å². The van der Waals surface area contributed by atoms with Crippen molar-refractivity contribution in [3.8, 4) is 0 Å². The number of aryl methyl sites for hydroxylation is 1. The second kappa shape index (κ2) is 7.70. The van der Waals surface area contributed by atoms with Crippen LogP contribution >= 0.6 is 0 Å². The lowest BCUT2D eigenvalue weighted by molar-refractivity contribution is -0.120. The molecule has 1 amide bonds. The van der Waals surface area contributed by atoms with Crippen molar-refractivity contribution in [2.45, 2.75) is 26.4 Å². The number of hydrogen-bond donors (Lipinski definition) is 2. The molecule has 0 radical (unpaired) electrons. The third-order valence-electron chi connectivity index (χ3n) is 4.43. The zero-order chi connectivity index (χ0) is 18.7. The van der Waals surface area contributed by atoms with Crippen LogP contribution in [0.3, 0.4) is 0 Å². The van der Waals surface area contributed by atoms with E-state index in [1.807, 2.05) is 33.2 Å². The maximum atomic E-state index is 13.5. The Labute approximate surface area is 153 Å². The fourth-order valence-corrected chi connectivity index (χ4v) is 3.13. The first-order valence-corrected chi connectivity index (χ1v) is 8.68. The van der Waals surface area contributed by atoms with Crippen LogP contribution in [0, 0.1) is 12.7 Å². The minimum atomic E-state index is -0.295. The Morgan fingerprint density at radius 1 is 1.12 bits per heavy atom. The Balaban J connectivity index is 1.63. The van der Waals surface area contributed by atoms with Crippen molar-refractivity contribution in [1.82, 2.24) is 15.2 Å². The summed E-state index contributed by atoms with van der Waals surface area (Å²) in [4.78, 5) is 17.7. The maximum absolute atomic E-state index is 13.5. The highest BCUT2D eigenvalue weighted by molar-refractivity contribution is 5.90. The Bertz CT molecular complexity index is 913. The summed E-state index contributed by atoms with van der Waals surface area (Å²) in [6.07, 6.45) is 0.230. The molecular weight excluding hydrogens is 329 g/mol. The molecule has 0 saturated heterocycles. The first kappa shape index (κ1) is 18.1. The van der Waals surface area contributed by atoms with E-state index in [1.165, 1.54) is 17.7 Å². The molecule has 0 unspecified atom stereocenters. The quantitative estimate of drug-likeness (QED) is 0.712. The zero-order valence-electron chi connectivity index (χ0n) is 15.4. The third-order valence-corrected chi connectivity index (χ3v) is 4.43. The van der Waals surface area contributed by atoms with E-state index in [0.717, 1.165) is 34.3 Å². The number of nitrogens with one attached hydrogen (secondary N) is 2. The molecule has 3 aromatic rings. The monoisotopic (exact) mass is 353 g/mol. The normalized spacial score (nSPS) is 11.3. The Morgan fingerprint density at radius 3 is 2.50 bits per heavy atom. The molecule has 1 aromatic heterocycles. The van der Waals surface area contributed by atoms with Gasteiger partial charge in [-0.15, -0.1) is 0 Å². The molecule has 2 aromatic carbocycles. The summed E-state index contributed by atoms with van der Waals surface area (Å²) in [6.45, 7) is 3.28. The van der Waals surface area contributed by atoms with Crippen molar-refractivity contribution in [2.75, 3.05) is 14.1 Å². The number of hydrogen-bond acceptors (Lipinski definition) is 2. The molecule has 0 aliphatic rings. The van der Waals surface area contributed by atoms with E-state index >= 15 is 0 Å². The van der Waals surface area contributed by atoms with E-state index in [2.05, 4.69) is 27.3 Å². The second-order valence-corrected chi connectivity index (χ2v) is 6.93. The number of benzene rings is 2. The molecule has 1 heterocycles. The molecule has 136 valence electrons. The van der Waals surface area contributed by atoms with Gasteiger partial charge >= 0.3 is 0 Å². The highest BCUT2D eigenvalue weighted by atomic mass is 19.1. The van der Waals surface area contributed by atoms with Crippen molar-refractivity contribution >= 4 is 16.8 Å². The maximum Gasteiger partial charge on any atom is 0.224 e. The SMILES string of the molecule is Cc1[nH]c2ccc(F)cc2c1CC(=O)NCc1ccc(CN(C)C)cc1. The summed E-state index contributed by atoms with van der Waals surface area (Å²) in [5.74, 6) is -0.369. The van der Waals surface area contributed by atoms with Crippen LogP contribution < -0.4 is 5.32 Å². The molecule has 2 N–H and O–H groups in total. The summed E-state index contributed by atoms with van der Waals surface area (Å²) >= 11 is 0. The number of aromatic nitrogens is 1. The van der Waals surface area contributed by atoms with Gasteiger partial charge < -0.3 is 15.2 Å². The van der Waals surface area contributed by atoms with Gasteiger partial charge in [0.25, 0.3) is 0 Å². The predicted molar refractivity (Wildman–Crippen MR) is 102 cm³/mol. The van der Waals surface area contributed by atoms with Crippen molar-refractivity contribution in [1.29, 1.82) is 0 Å². The van der Waals surface area contributed by atoms with Crippen LogP contribution in [0.5, 0.6) is 0 Å². The number of H-pyrrole nitrogens is 1. The predicted octanol–water partition coefficient (Wildman–Crippen LogP) is 3.54. The lowest BCUT2D eigenvalue weighted by atomic mass is 10.1. The number of carbonyl (C=O) groups excluding carboxylic acids is 1. The highest BCUT2D eigenvalue weighted by Gasteiger charge is 2.13. The van der Waals surface area contributed by atoms with Crippen LogP contribution in [0.1, 0.15) is 22.4 Å². The number of fused-ring (bicyclic) bond motifs is 1. The fourth-order valence-electron chi connectivity index (χ4n) is 3.13. The molecular formula is C21H24FN3O. The summed E-state index contributed by atoms with van der Waals surface area (Å²) in [5.41, 5.74) is 4.89. The minimum absolute atomic E-state index is 0.0735. The van der Waals surface area contributed by atoms with Gasteiger partial charge in [-0.25, -0.2) is 4.39 Å². The molecule has 4 nitrogen and oxygen atoms in total. The largest absolute Gasteiger partial charge is 0.358 e. The van der Waals surface area contributed by atoms with Gasteiger partial charge in [0.2, 0.25) is 5.91 Å². The molecule has 5 heteroatoms. The first-order chi connectivity index (χ1) is 12.4. The van der Waals surface area contributed by atoms with Crippen molar-refractivity contribution in [2.24, 2.45) is 0 Å². The number of rotatable bonds is 6. The summed E-state index contributed by atoms with van der Waals surface area (Å²) < 4.78 is 13.5. The summed E-state index contributed by atoms with van der Waals surface area (Å²) in [7, 11) is 4.07. The fraction of sp³-hybridized carbons (Fsp3) is 0.286. The Morgan fingerprint density at radius 2 is 1.81 bits per heavy atom. The van der Waals surface area contributed by atoms with E-state index < -0.39 is 0 Å². The van der Waals surface area contributed by atoms with Crippen LogP contribution in [-0.4, -0.2) is 29.9 Å². The standard InChI is InChI=1S/C21H24FN3O/c1-14-18(19-10-17(22)8-9-20(19)24-14)11-21(26)23-12-15-4-6-16(7-5-15)13-25(2)3/h4-10,24H,11-13H2,1-3H3,(H,23,26). The van der Waals surface area contributed by atoms with E-state index in [1.54, 1.807) is 6.07 Å². The van der Waals surface area contributed by atoms with E-state index in [4.69, 9.17) is 0 Å². The molecule has 0 bridgehead atoms. The Hall–Kier alpha value is -2.66. The highest BCUT2D eigenvalue weighted by Crippen LogP contribution is 2.23. The first-order valence-electron chi connectivity index (χ1n) is 8.68. The second-order valence-electron chi connectivity index (χ2n) is 6.93. The van der Waals surface area contributed by atoms with Crippen LogP contribution in [0.15, 0.2) is 42.5 Å². The lowest BCUT2D eigenvalue weighted by Gasteiger charge is -2.10. The number of aromatic amines is 1. The van der Waals surface area contributed by atoms with E-state index in [9.17, 15) is 9.18 Å². The zero-order valence-corrected chi connectivity index (χ0v) is 15.4. The smallest absolute Gasteiger partial charge is 0.224 e. The lowest BCUT2D eigenvalue weighted by Crippen LogP contribution is -2.24. The molecule has 0 saturated carbocycles. The number of carbonyl (C=O) groups is 1. The van der Waals surface area contributed by atoms with Gasteiger partial charge in [-0.05, 0) is 55.9 Å². The van der Waals surface area contributed by atoms with E-state index in [0.29, 0.717) is 6.54 Å². The minimum Gasteiger partial charge on any atom is -0.358 e. The third kappa shape index (κ3) is 4.29. The van der Waals surface area contributed by atoms with Gasteiger partial charge in [-0.1, -0.05) is 24.3 Å². The Kier molecular flexibility index (Phi) is 5.38. The van der Waals surface area contributed by atoms with Gasteiger partial charge in [0.1, 0.15) is 5.82 Å². The van der Waals surface area contributed by atoms with Crippen molar-refractivity contribution < 1.29 is 9.18 Å². The number of halogens is 1. The topological polar surface area (TPSA) is 48.1 Å². The summed E-state index contributed by atoms with van der Waals surface area (Å²) in [6, 6.07) is 12.8. The molecule has 26 heavy (non-hydrogen) atoms. The van der Waals surface area contributed by atoms with Crippen LogP contribution in [0.25, 0.3) is 10.9 Å². The molecule has 0 aliphatic carbocycles. The number of nitrogens with zero attached hydrogens (tertiary/aromatic N) is 1. The van der Waals surface area contributed by atoms with E-state index in [-0.39, 0.29) is 18.1 Å². The van der Waals surface area contributed by atoms with Crippen molar-refractivity contribution in [3.05, 3.63) is 70.7 Å². The van der Waals surface area contributed by atoms with Gasteiger partial charge in [-0.3, -0.25) is 4.79 Å². The molecule has 0 atom stereocenters. The van der Waals surface area contributed by atoms with Crippen molar-refractivity contribution in [3.63, 3.8) is 0 Å². The molecule has 0 fully saturated rings. The van der Waals surface area contributed by atoms with Crippen LogP contribution in [0.4, 0.5) is 4.39 Å². The average Bonchev–Trinajstić information content (AvgIpc) is 2.89. The molecule has 0 spiro atoms. The van der Waals surface area contributed by atoms with Gasteiger partial charge in [-0.2, -0.15) is 0 Å². The van der Waals surface area contributed by atoms with Gasteiger partial charge in [0, 0.05) is 29.7 Å². The summed E-state index contributed by atoms with van der Waals surface area (Å²) in [5, 5.41) is 3.72.